The number of carboxylic acid groups (broad SMARTS) is 1. The second-order valence-corrected chi connectivity index (χ2v) is 5.64. The number of hydrogen-bond acceptors (Lipinski definition) is 1. The molecule has 1 aromatic rings. The molecule has 0 amide bonds. The largest absolute Gasteiger partial charge is 0.478 e. The van der Waals surface area contributed by atoms with Gasteiger partial charge in [0.25, 0.3) is 0 Å². The summed E-state index contributed by atoms with van der Waals surface area (Å²) in [5.41, 5.74) is 1.69. The van der Waals surface area contributed by atoms with Crippen molar-refractivity contribution in [2.45, 2.75) is 32.1 Å². The molecule has 2 nitrogen and oxygen atoms in total. The van der Waals surface area contributed by atoms with Gasteiger partial charge in [0.1, 0.15) is 0 Å². The first kappa shape index (κ1) is 10.8. The van der Waals surface area contributed by atoms with Crippen LogP contribution in [0, 0.1) is 17.8 Å². The van der Waals surface area contributed by atoms with Gasteiger partial charge in [-0.3, -0.25) is 0 Å². The van der Waals surface area contributed by atoms with Crippen molar-refractivity contribution in [1.82, 2.24) is 0 Å². The lowest BCUT2D eigenvalue weighted by Crippen LogP contribution is -2.13. The van der Waals surface area contributed by atoms with Crippen molar-refractivity contribution in [3.63, 3.8) is 0 Å². The lowest BCUT2D eigenvalue weighted by molar-refractivity contribution is 0.0697. The molecule has 2 aliphatic rings. The number of aromatic carboxylic acids is 1. The molecule has 0 aliphatic heterocycles. The summed E-state index contributed by atoms with van der Waals surface area (Å²) >= 11 is 0. The van der Waals surface area contributed by atoms with E-state index in [0.29, 0.717) is 5.56 Å². The van der Waals surface area contributed by atoms with Crippen molar-refractivity contribution in [2.75, 3.05) is 0 Å². The molecule has 90 valence electrons. The fourth-order valence-corrected chi connectivity index (χ4v) is 3.71. The predicted molar refractivity (Wildman–Crippen MR) is 66.0 cm³/mol. The van der Waals surface area contributed by atoms with Crippen LogP contribution in [0.25, 0.3) is 0 Å². The summed E-state index contributed by atoms with van der Waals surface area (Å²) in [5, 5.41) is 8.85. The summed E-state index contributed by atoms with van der Waals surface area (Å²) < 4.78 is 0. The van der Waals surface area contributed by atoms with E-state index in [2.05, 4.69) is 0 Å². The maximum atomic E-state index is 10.8. The molecule has 0 spiro atoms. The number of benzene rings is 1. The van der Waals surface area contributed by atoms with E-state index in [1.165, 1.54) is 31.2 Å². The average Bonchev–Trinajstić information content (AvgIpc) is 2.91. The molecule has 2 fully saturated rings. The Kier molecular flexibility index (Phi) is 2.65. The fraction of sp³-hybridized carbons (Fsp3) is 0.533. The van der Waals surface area contributed by atoms with Crippen molar-refractivity contribution < 1.29 is 9.90 Å². The summed E-state index contributed by atoms with van der Waals surface area (Å²) in [5.74, 6) is 1.95. The molecule has 2 aliphatic carbocycles. The van der Waals surface area contributed by atoms with Crippen LogP contribution in [-0.4, -0.2) is 11.1 Å². The van der Waals surface area contributed by atoms with Gasteiger partial charge in [-0.05, 0) is 61.1 Å². The van der Waals surface area contributed by atoms with Crippen molar-refractivity contribution in [3.05, 3.63) is 35.4 Å². The van der Waals surface area contributed by atoms with Crippen molar-refractivity contribution in [3.8, 4) is 0 Å². The Morgan fingerprint density at radius 2 is 1.94 bits per heavy atom. The Morgan fingerprint density at radius 1 is 1.18 bits per heavy atom. The SMILES string of the molecule is O=C(O)c1ccc(C[C@@H]2C[C@H]3CC[C@@H]2C3)cc1. The highest BCUT2D eigenvalue weighted by molar-refractivity contribution is 5.87. The monoisotopic (exact) mass is 230 g/mol. The van der Waals surface area contributed by atoms with Crippen LogP contribution >= 0.6 is 0 Å². The zero-order valence-corrected chi connectivity index (χ0v) is 9.93. The van der Waals surface area contributed by atoms with Gasteiger partial charge in [-0.15, -0.1) is 0 Å². The van der Waals surface area contributed by atoms with Crippen LogP contribution < -0.4 is 0 Å². The minimum atomic E-state index is -0.837. The van der Waals surface area contributed by atoms with E-state index >= 15 is 0 Å². The van der Waals surface area contributed by atoms with Crippen LogP contribution in [0.15, 0.2) is 24.3 Å². The first-order chi connectivity index (χ1) is 8.22. The molecule has 1 aromatic carbocycles. The van der Waals surface area contributed by atoms with E-state index in [1.807, 2.05) is 12.1 Å². The van der Waals surface area contributed by atoms with Gasteiger partial charge in [0.2, 0.25) is 0 Å². The zero-order valence-electron chi connectivity index (χ0n) is 9.93. The van der Waals surface area contributed by atoms with Crippen LogP contribution in [-0.2, 0) is 6.42 Å². The number of carboxylic acids is 1. The first-order valence-corrected chi connectivity index (χ1v) is 6.54. The van der Waals surface area contributed by atoms with Gasteiger partial charge < -0.3 is 5.11 Å². The second kappa shape index (κ2) is 4.17. The average molecular weight is 230 g/mol. The van der Waals surface area contributed by atoms with Gasteiger partial charge in [-0.25, -0.2) is 4.79 Å². The summed E-state index contributed by atoms with van der Waals surface area (Å²) in [7, 11) is 0. The Hall–Kier alpha value is -1.31. The standard InChI is InChI=1S/C15H18O2/c16-15(17)12-4-1-10(2-5-12)7-14-9-11-3-6-13(14)8-11/h1-2,4-5,11,13-14H,3,6-9H2,(H,16,17)/t11-,13+,14+/m0/s1. The van der Waals surface area contributed by atoms with E-state index in [-0.39, 0.29) is 0 Å². The lowest BCUT2D eigenvalue weighted by atomic mass is 9.84. The molecule has 2 saturated carbocycles. The normalized spacial score (nSPS) is 30.7. The Labute approximate surface area is 102 Å². The van der Waals surface area contributed by atoms with Crippen molar-refractivity contribution in [1.29, 1.82) is 0 Å². The minimum absolute atomic E-state index is 0.390. The maximum Gasteiger partial charge on any atom is 0.335 e. The summed E-state index contributed by atoms with van der Waals surface area (Å²) in [4.78, 5) is 10.8. The second-order valence-electron chi connectivity index (χ2n) is 5.64. The molecule has 17 heavy (non-hydrogen) atoms. The van der Waals surface area contributed by atoms with Crippen molar-refractivity contribution >= 4 is 5.97 Å². The highest BCUT2D eigenvalue weighted by Gasteiger charge is 2.39. The first-order valence-electron chi connectivity index (χ1n) is 6.54. The molecule has 0 radical (unpaired) electrons. The van der Waals surface area contributed by atoms with E-state index in [1.54, 1.807) is 12.1 Å². The van der Waals surface area contributed by atoms with Gasteiger partial charge in [0, 0.05) is 0 Å². The van der Waals surface area contributed by atoms with Crippen LogP contribution in [0.5, 0.6) is 0 Å². The molecule has 2 heteroatoms. The molecule has 1 N–H and O–H groups in total. The van der Waals surface area contributed by atoms with E-state index in [9.17, 15) is 4.79 Å². The Balaban J connectivity index is 1.67. The van der Waals surface area contributed by atoms with Crippen LogP contribution in [0.1, 0.15) is 41.6 Å². The minimum Gasteiger partial charge on any atom is -0.478 e. The third-order valence-electron chi connectivity index (χ3n) is 4.58. The third kappa shape index (κ3) is 2.08. The molecule has 3 rings (SSSR count). The molecule has 3 atom stereocenters. The number of carbonyl (C=O) groups is 1. The number of rotatable bonds is 3. The number of fused-ring (bicyclic) bond motifs is 2. The van der Waals surface area contributed by atoms with Gasteiger partial charge in [-0.1, -0.05) is 18.6 Å². The highest BCUT2D eigenvalue weighted by atomic mass is 16.4. The van der Waals surface area contributed by atoms with E-state index < -0.39 is 5.97 Å². The smallest absolute Gasteiger partial charge is 0.335 e. The molecule has 0 unspecified atom stereocenters. The molecular weight excluding hydrogens is 212 g/mol. The Bertz CT molecular complexity index is 421. The van der Waals surface area contributed by atoms with Gasteiger partial charge in [0.05, 0.1) is 5.56 Å². The maximum absolute atomic E-state index is 10.8. The van der Waals surface area contributed by atoms with E-state index in [0.717, 1.165) is 24.2 Å². The molecular formula is C15H18O2. The molecule has 0 aromatic heterocycles. The van der Waals surface area contributed by atoms with Gasteiger partial charge in [0.15, 0.2) is 0 Å². The molecule has 2 bridgehead atoms. The topological polar surface area (TPSA) is 37.3 Å². The molecule has 0 saturated heterocycles. The molecule has 0 heterocycles. The van der Waals surface area contributed by atoms with Crippen LogP contribution in [0.4, 0.5) is 0 Å². The fourth-order valence-electron chi connectivity index (χ4n) is 3.71. The summed E-state index contributed by atoms with van der Waals surface area (Å²) in [6, 6.07) is 7.42. The lowest BCUT2D eigenvalue weighted by Gasteiger charge is -2.21. The predicted octanol–water partition coefficient (Wildman–Crippen LogP) is 3.36. The van der Waals surface area contributed by atoms with Gasteiger partial charge >= 0.3 is 5.97 Å². The van der Waals surface area contributed by atoms with E-state index in [4.69, 9.17) is 5.11 Å². The summed E-state index contributed by atoms with van der Waals surface area (Å²) in [6.45, 7) is 0. The van der Waals surface area contributed by atoms with Crippen molar-refractivity contribution in [2.24, 2.45) is 17.8 Å². The third-order valence-corrected chi connectivity index (χ3v) is 4.58. The number of hydrogen-bond donors (Lipinski definition) is 1. The quantitative estimate of drug-likeness (QED) is 0.864. The zero-order chi connectivity index (χ0) is 11.8. The van der Waals surface area contributed by atoms with Gasteiger partial charge in [-0.2, -0.15) is 0 Å². The highest BCUT2D eigenvalue weighted by Crippen LogP contribution is 2.49. The van der Waals surface area contributed by atoms with Crippen LogP contribution in [0.2, 0.25) is 0 Å². The summed E-state index contributed by atoms with van der Waals surface area (Å²) in [6.07, 6.45) is 6.84. The Morgan fingerprint density at radius 3 is 2.47 bits per heavy atom. The van der Waals surface area contributed by atoms with Crippen LogP contribution in [0.3, 0.4) is 0 Å².